The Labute approximate surface area is 117 Å². The van der Waals surface area contributed by atoms with Crippen molar-refractivity contribution in [3.05, 3.63) is 59.2 Å². The predicted octanol–water partition coefficient (Wildman–Crippen LogP) is 2.71. The molecule has 4 heteroatoms. The molecule has 0 amide bonds. The second-order valence-corrected chi connectivity index (χ2v) is 4.47. The number of ketones is 1. The van der Waals surface area contributed by atoms with Crippen molar-refractivity contribution >= 4 is 12.0 Å². The zero-order chi connectivity index (χ0) is 14.5. The molecule has 0 saturated carbocycles. The van der Waals surface area contributed by atoms with E-state index in [0.717, 1.165) is 5.56 Å². The van der Waals surface area contributed by atoms with Crippen LogP contribution in [0.15, 0.2) is 47.5 Å². The molecule has 20 heavy (non-hydrogen) atoms. The second kappa shape index (κ2) is 6.02. The van der Waals surface area contributed by atoms with Gasteiger partial charge in [-0.25, -0.2) is 0 Å². The van der Waals surface area contributed by atoms with Crippen LogP contribution >= 0.6 is 0 Å². The molecule has 2 rings (SSSR count). The van der Waals surface area contributed by atoms with E-state index in [1.165, 1.54) is 12.3 Å². The molecule has 0 atom stereocenters. The summed E-state index contributed by atoms with van der Waals surface area (Å²) in [5.41, 5.74) is 1.75. The molecule has 0 saturated heterocycles. The Hall–Kier alpha value is -2.62. The van der Waals surface area contributed by atoms with Crippen LogP contribution in [0.3, 0.4) is 0 Å². The van der Waals surface area contributed by atoms with Gasteiger partial charge in [-0.1, -0.05) is 18.2 Å². The maximum atomic E-state index is 11.9. The van der Waals surface area contributed by atoms with E-state index in [-0.39, 0.29) is 29.4 Å². The van der Waals surface area contributed by atoms with Gasteiger partial charge in [0.25, 0.3) is 0 Å². The fourth-order valence-corrected chi connectivity index (χ4v) is 1.78. The van der Waals surface area contributed by atoms with E-state index in [2.05, 4.69) is 4.99 Å². The number of aliphatic imine (C=N–C) groups is 1. The molecule has 0 fully saturated rings. The van der Waals surface area contributed by atoms with Crippen LogP contribution in [0.4, 0.5) is 0 Å². The van der Waals surface area contributed by atoms with Crippen LogP contribution in [0.25, 0.3) is 0 Å². The highest BCUT2D eigenvalue weighted by Gasteiger charge is 2.08. The monoisotopic (exact) mass is 269 g/mol. The highest BCUT2D eigenvalue weighted by molar-refractivity contribution is 6.01. The molecule has 0 bridgehead atoms. The molecule has 0 spiro atoms. The number of hydrogen-bond acceptors (Lipinski definition) is 4. The first kappa shape index (κ1) is 13.8. The van der Waals surface area contributed by atoms with E-state index in [0.29, 0.717) is 5.56 Å². The van der Waals surface area contributed by atoms with Gasteiger partial charge in [0, 0.05) is 11.8 Å². The standard InChI is InChI=1S/C16H15NO3/c1-11-6-7-12(15(19)8-11)9-17-10-16(20)13-4-2-3-5-14(13)18/h2-9,18-19H,10H2,1H3. The van der Waals surface area contributed by atoms with Crippen molar-refractivity contribution in [1.29, 1.82) is 0 Å². The number of carbonyl (C=O) groups excluding carboxylic acids is 1. The van der Waals surface area contributed by atoms with Crippen molar-refractivity contribution < 1.29 is 15.0 Å². The largest absolute Gasteiger partial charge is 0.507 e. The average molecular weight is 269 g/mol. The van der Waals surface area contributed by atoms with Crippen LogP contribution in [0, 0.1) is 6.92 Å². The summed E-state index contributed by atoms with van der Waals surface area (Å²) in [4.78, 5) is 15.9. The van der Waals surface area contributed by atoms with Crippen molar-refractivity contribution in [3.63, 3.8) is 0 Å². The van der Waals surface area contributed by atoms with Gasteiger partial charge in [0.15, 0.2) is 5.78 Å². The summed E-state index contributed by atoms with van der Waals surface area (Å²) in [5, 5.41) is 19.3. The third-order valence-electron chi connectivity index (χ3n) is 2.86. The molecule has 0 aromatic heterocycles. The third kappa shape index (κ3) is 3.23. The van der Waals surface area contributed by atoms with Gasteiger partial charge < -0.3 is 10.2 Å². The maximum Gasteiger partial charge on any atom is 0.187 e. The minimum absolute atomic E-state index is 0.0501. The molecular weight excluding hydrogens is 254 g/mol. The third-order valence-corrected chi connectivity index (χ3v) is 2.86. The van der Waals surface area contributed by atoms with Crippen LogP contribution in [0.1, 0.15) is 21.5 Å². The number of Topliss-reactive ketones (excluding diaryl/α,β-unsaturated/α-hetero) is 1. The van der Waals surface area contributed by atoms with E-state index in [4.69, 9.17) is 0 Å². The Morgan fingerprint density at radius 3 is 2.60 bits per heavy atom. The molecule has 102 valence electrons. The lowest BCUT2D eigenvalue weighted by atomic mass is 10.1. The van der Waals surface area contributed by atoms with Gasteiger partial charge >= 0.3 is 0 Å². The second-order valence-electron chi connectivity index (χ2n) is 4.47. The number of phenols is 2. The predicted molar refractivity (Wildman–Crippen MR) is 77.7 cm³/mol. The first-order valence-electron chi connectivity index (χ1n) is 6.18. The van der Waals surface area contributed by atoms with Gasteiger partial charge in [-0.15, -0.1) is 0 Å². The zero-order valence-corrected chi connectivity index (χ0v) is 11.1. The lowest BCUT2D eigenvalue weighted by Gasteiger charge is -2.01. The minimum Gasteiger partial charge on any atom is -0.507 e. The van der Waals surface area contributed by atoms with Crippen molar-refractivity contribution in [2.75, 3.05) is 6.54 Å². The summed E-state index contributed by atoms with van der Waals surface area (Å²) >= 11 is 0. The lowest BCUT2D eigenvalue weighted by Crippen LogP contribution is -2.03. The molecule has 0 heterocycles. The zero-order valence-electron chi connectivity index (χ0n) is 11.1. The summed E-state index contributed by atoms with van der Waals surface area (Å²) in [6.45, 7) is 1.80. The van der Waals surface area contributed by atoms with E-state index in [1.807, 2.05) is 13.0 Å². The van der Waals surface area contributed by atoms with Crippen LogP contribution in [-0.4, -0.2) is 28.8 Å². The number of carbonyl (C=O) groups is 1. The van der Waals surface area contributed by atoms with Gasteiger partial charge in [0.05, 0.1) is 5.56 Å². The summed E-state index contributed by atoms with van der Waals surface area (Å²) in [7, 11) is 0. The maximum absolute atomic E-state index is 11.9. The van der Waals surface area contributed by atoms with Crippen molar-refractivity contribution in [1.82, 2.24) is 0 Å². The van der Waals surface area contributed by atoms with E-state index in [1.54, 1.807) is 30.3 Å². The van der Waals surface area contributed by atoms with Crippen LogP contribution in [-0.2, 0) is 0 Å². The van der Waals surface area contributed by atoms with Crippen molar-refractivity contribution in [3.8, 4) is 11.5 Å². The summed E-state index contributed by atoms with van der Waals surface area (Å²) in [6.07, 6.45) is 1.45. The highest BCUT2D eigenvalue weighted by atomic mass is 16.3. The van der Waals surface area contributed by atoms with E-state index < -0.39 is 0 Å². The van der Waals surface area contributed by atoms with Crippen LogP contribution in [0.2, 0.25) is 0 Å². The van der Waals surface area contributed by atoms with Gasteiger partial charge in [-0.2, -0.15) is 0 Å². The molecule has 0 unspecified atom stereocenters. The number of benzene rings is 2. The summed E-state index contributed by atoms with van der Waals surface area (Å²) < 4.78 is 0. The fourth-order valence-electron chi connectivity index (χ4n) is 1.78. The number of para-hydroxylation sites is 1. The number of hydrogen-bond donors (Lipinski definition) is 2. The number of aromatic hydroxyl groups is 2. The molecule has 2 aromatic rings. The smallest absolute Gasteiger partial charge is 0.187 e. The van der Waals surface area contributed by atoms with E-state index in [9.17, 15) is 15.0 Å². The molecule has 0 aliphatic heterocycles. The first-order valence-corrected chi connectivity index (χ1v) is 6.18. The lowest BCUT2D eigenvalue weighted by molar-refractivity contribution is 0.0999. The Bertz CT molecular complexity index is 663. The highest BCUT2D eigenvalue weighted by Crippen LogP contribution is 2.17. The number of rotatable bonds is 4. The quantitative estimate of drug-likeness (QED) is 0.662. The normalized spacial score (nSPS) is 10.8. The Balaban J connectivity index is 2.07. The SMILES string of the molecule is Cc1ccc(C=NCC(=O)c2ccccc2O)c(O)c1. The Morgan fingerprint density at radius 1 is 1.15 bits per heavy atom. The molecule has 4 nitrogen and oxygen atoms in total. The molecule has 2 N–H and O–H groups in total. The molecule has 2 aromatic carbocycles. The summed E-state index contributed by atoms with van der Waals surface area (Å²) in [6, 6.07) is 11.6. The average Bonchev–Trinajstić information content (AvgIpc) is 2.41. The van der Waals surface area contributed by atoms with Crippen molar-refractivity contribution in [2.24, 2.45) is 4.99 Å². The van der Waals surface area contributed by atoms with Crippen LogP contribution in [0.5, 0.6) is 11.5 Å². The Kier molecular flexibility index (Phi) is 4.15. The Morgan fingerprint density at radius 2 is 1.90 bits per heavy atom. The van der Waals surface area contributed by atoms with Gasteiger partial charge in [0.1, 0.15) is 18.0 Å². The van der Waals surface area contributed by atoms with Crippen molar-refractivity contribution in [2.45, 2.75) is 6.92 Å². The molecule has 0 aliphatic carbocycles. The summed E-state index contributed by atoms with van der Waals surface area (Å²) in [5.74, 6) is -0.194. The minimum atomic E-state index is -0.272. The topological polar surface area (TPSA) is 69.9 Å². The van der Waals surface area contributed by atoms with Gasteiger partial charge in [-0.3, -0.25) is 9.79 Å². The van der Waals surface area contributed by atoms with Gasteiger partial charge in [-0.05, 0) is 36.8 Å². The fraction of sp³-hybridized carbons (Fsp3) is 0.125. The molecule has 0 radical (unpaired) electrons. The first-order chi connectivity index (χ1) is 9.58. The van der Waals surface area contributed by atoms with E-state index >= 15 is 0 Å². The van der Waals surface area contributed by atoms with Gasteiger partial charge in [0.2, 0.25) is 0 Å². The molecule has 0 aliphatic rings. The number of aryl methyl sites for hydroxylation is 1. The number of nitrogens with zero attached hydrogens (tertiary/aromatic N) is 1. The van der Waals surface area contributed by atoms with Crippen LogP contribution < -0.4 is 0 Å². The number of phenolic OH excluding ortho intramolecular Hbond substituents is 2. The molecular formula is C16H15NO3.